The zero-order valence-corrected chi connectivity index (χ0v) is 12.2. The fourth-order valence-electron chi connectivity index (χ4n) is 2.50. The summed E-state index contributed by atoms with van der Waals surface area (Å²) in [5.74, 6) is -0.0269. The maximum atomic E-state index is 12.3. The number of benzene rings is 1. The van der Waals surface area contributed by atoms with E-state index in [0.29, 0.717) is 12.1 Å². The highest BCUT2D eigenvalue weighted by Crippen LogP contribution is 2.36. The molecule has 0 bridgehead atoms. The number of carbonyl (C=O) groups excluding carboxylic acids is 1. The lowest BCUT2D eigenvalue weighted by Gasteiger charge is -2.25. The molecule has 2 atom stereocenters. The fraction of sp³-hybridized carbons (Fsp3) is 0.500. The molecule has 116 valence electrons. The van der Waals surface area contributed by atoms with Gasteiger partial charge in [0.2, 0.25) is 0 Å². The zero-order valence-electron chi connectivity index (χ0n) is 11.4. The molecule has 0 aliphatic carbocycles. The van der Waals surface area contributed by atoms with Crippen LogP contribution in [0.15, 0.2) is 29.2 Å². The van der Waals surface area contributed by atoms with Crippen LogP contribution in [0.2, 0.25) is 0 Å². The van der Waals surface area contributed by atoms with E-state index in [-0.39, 0.29) is 41.1 Å². The Labute approximate surface area is 125 Å². The number of hydrogen-bond donors (Lipinski definition) is 1. The summed E-state index contributed by atoms with van der Waals surface area (Å²) >= 11 is -0.206. The van der Waals surface area contributed by atoms with E-state index in [9.17, 15) is 23.1 Å². The minimum Gasteiger partial charge on any atom is -0.394 e. The first-order valence-electron chi connectivity index (χ1n) is 6.59. The highest BCUT2D eigenvalue weighted by molar-refractivity contribution is 8.00. The molecule has 2 unspecified atom stereocenters. The van der Waals surface area contributed by atoms with Crippen LogP contribution in [0.5, 0.6) is 0 Å². The molecule has 1 aromatic rings. The maximum Gasteiger partial charge on any atom is 0.446 e. The van der Waals surface area contributed by atoms with Crippen molar-refractivity contribution < 1.29 is 23.1 Å². The summed E-state index contributed by atoms with van der Waals surface area (Å²) in [6.45, 7) is 2.43. The Balaban J connectivity index is 2.10. The highest BCUT2D eigenvalue weighted by Gasteiger charge is 2.34. The smallest absolute Gasteiger partial charge is 0.394 e. The molecule has 1 N–H and O–H groups in total. The molecule has 21 heavy (non-hydrogen) atoms. The van der Waals surface area contributed by atoms with Gasteiger partial charge in [-0.2, -0.15) is 13.2 Å². The summed E-state index contributed by atoms with van der Waals surface area (Å²) in [5.41, 5.74) is -3.99. The van der Waals surface area contributed by atoms with Crippen LogP contribution < -0.4 is 0 Å². The minimum absolute atomic E-state index is 0.0487. The van der Waals surface area contributed by atoms with Crippen molar-refractivity contribution in [3.05, 3.63) is 29.8 Å². The molecule has 0 aromatic heterocycles. The maximum absolute atomic E-state index is 12.3. The molecule has 1 amide bonds. The van der Waals surface area contributed by atoms with Crippen molar-refractivity contribution in [2.24, 2.45) is 5.92 Å². The zero-order chi connectivity index (χ0) is 15.6. The number of amides is 1. The first kappa shape index (κ1) is 16.2. The summed E-state index contributed by atoms with van der Waals surface area (Å²) < 4.78 is 36.7. The van der Waals surface area contributed by atoms with Crippen LogP contribution in [0.3, 0.4) is 0 Å². The van der Waals surface area contributed by atoms with Crippen molar-refractivity contribution >= 4 is 17.7 Å². The monoisotopic (exact) mass is 319 g/mol. The van der Waals surface area contributed by atoms with Crippen LogP contribution in [0.25, 0.3) is 0 Å². The van der Waals surface area contributed by atoms with Gasteiger partial charge in [-0.15, -0.1) is 0 Å². The van der Waals surface area contributed by atoms with E-state index in [4.69, 9.17) is 0 Å². The molecule has 0 spiro atoms. The van der Waals surface area contributed by atoms with Gasteiger partial charge in [0.25, 0.3) is 5.91 Å². The molecule has 1 aromatic carbocycles. The van der Waals surface area contributed by atoms with Gasteiger partial charge in [0.05, 0.1) is 12.6 Å². The number of aliphatic hydroxyl groups is 1. The normalized spacial score (nSPS) is 22.6. The number of nitrogens with zero attached hydrogens (tertiary/aromatic N) is 1. The number of halogens is 3. The third-order valence-electron chi connectivity index (χ3n) is 3.67. The SMILES string of the molecule is CC1CCN(C(=O)c2ccc(SC(F)(F)F)cc2)C1CO. The van der Waals surface area contributed by atoms with Crippen LogP contribution >= 0.6 is 11.8 Å². The summed E-state index contributed by atoms with van der Waals surface area (Å²) in [5, 5.41) is 9.35. The van der Waals surface area contributed by atoms with Gasteiger partial charge >= 0.3 is 5.51 Å². The molecule has 1 saturated heterocycles. The highest BCUT2D eigenvalue weighted by atomic mass is 32.2. The number of likely N-dealkylation sites (tertiary alicyclic amines) is 1. The van der Waals surface area contributed by atoms with E-state index >= 15 is 0 Å². The van der Waals surface area contributed by atoms with Crippen LogP contribution in [0.4, 0.5) is 13.2 Å². The third kappa shape index (κ3) is 3.91. The summed E-state index contributed by atoms with van der Waals surface area (Å²) in [6.07, 6.45) is 0.818. The van der Waals surface area contributed by atoms with Crippen LogP contribution in [-0.4, -0.2) is 40.6 Å². The van der Waals surface area contributed by atoms with Crippen LogP contribution in [-0.2, 0) is 0 Å². The van der Waals surface area contributed by atoms with Gasteiger partial charge in [-0.05, 0) is 48.4 Å². The second-order valence-electron chi connectivity index (χ2n) is 5.09. The largest absolute Gasteiger partial charge is 0.446 e. The Morgan fingerprint density at radius 1 is 1.38 bits per heavy atom. The summed E-state index contributed by atoms with van der Waals surface area (Å²) in [4.78, 5) is 14.0. The summed E-state index contributed by atoms with van der Waals surface area (Å²) in [7, 11) is 0. The molecule has 1 fully saturated rings. The molecule has 0 radical (unpaired) electrons. The Bertz CT molecular complexity index is 504. The number of alkyl halides is 3. The molecule has 3 nitrogen and oxygen atoms in total. The van der Waals surface area contributed by atoms with E-state index in [0.717, 1.165) is 6.42 Å². The number of hydrogen-bond acceptors (Lipinski definition) is 3. The molecule has 1 aliphatic rings. The van der Waals surface area contributed by atoms with Gasteiger partial charge < -0.3 is 10.0 Å². The summed E-state index contributed by atoms with van der Waals surface area (Å²) in [6, 6.07) is 5.15. The fourth-order valence-corrected chi connectivity index (χ4v) is 3.04. The van der Waals surface area contributed by atoms with Gasteiger partial charge in [-0.1, -0.05) is 6.92 Å². The third-order valence-corrected chi connectivity index (χ3v) is 4.40. The lowest BCUT2D eigenvalue weighted by atomic mass is 10.0. The standard InChI is InChI=1S/C14H16F3NO2S/c1-9-6-7-18(12(9)8-19)13(20)10-2-4-11(5-3-10)21-14(15,16)17/h2-5,9,12,19H,6-8H2,1H3. The van der Waals surface area contributed by atoms with E-state index in [2.05, 4.69) is 0 Å². The Hall–Kier alpha value is -1.21. The van der Waals surface area contributed by atoms with Gasteiger partial charge in [-0.25, -0.2) is 0 Å². The minimum atomic E-state index is -4.34. The molecule has 7 heteroatoms. The molecule has 1 aliphatic heterocycles. The number of thioether (sulfide) groups is 1. The molecule has 0 saturated carbocycles. The van der Waals surface area contributed by atoms with Gasteiger partial charge in [-0.3, -0.25) is 4.79 Å². The van der Waals surface area contributed by atoms with Crippen molar-refractivity contribution in [3.63, 3.8) is 0 Å². The van der Waals surface area contributed by atoms with Crippen LogP contribution in [0.1, 0.15) is 23.7 Å². The van der Waals surface area contributed by atoms with Gasteiger partial charge in [0.15, 0.2) is 0 Å². The van der Waals surface area contributed by atoms with E-state index in [1.807, 2.05) is 6.92 Å². The number of aliphatic hydroxyl groups excluding tert-OH is 1. The Morgan fingerprint density at radius 2 is 2.00 bits per heavy atom. The molecular weight excluding hydrogens is 303 g/mol. The van der Waals surface area contributed by atoms with Gasteiger partial charge in [0.1, 0.15) is 0 Å². The average Bonchev–Trinajstić information content (AvgIpc) is 2.78. The van der Waals surface area contributed by atoms with Crippen molar-refractivity contribution in [1.82, 2.24) is 4.90 Å². The topological polar surface area (TPSA) is 40.5 Å². The van der Waals surface area contributed by atoms with Crippen molar-refractivity contribution in [1.29, 1.82) is 0 Å². The lowest BCUT2D eigenvalue weighted by molar-refractivity contribution is -0.0328. The second-order valence-corrected chi connectivity index (χ2v) is 6.23. The number of rotatable bonds is 3. The average molecular weight is 319 g/mol. The Morgan fingerprint density at radius 3 is 2.52 bits per heavy atom. The molecular formula is C14H16F3NO2S. The lowest BCUT2D eigenvalue weighted by Crippen LogP contribution is -2.39. The quantitative estimate of drug-likeness (QED) is 0.870. The first-order chi connectivity index (χ1) is 9.81. The first-order valence-corrected chi connectivity index (χ1v) is 7.41. The van der Waals surface area contributed by atoms with Gasteiger partial charge in [0, 0.05) is 17.0 Å². The number of carbonyl (C=O) groups is 1. The van der Waals surface area contributed by atoms with Crippen LogP contribution in [0, 0.1) is 5.92 Å². The molecule has 1 heterocycles. The van der Waals surface area contributed by atoms with E-state index in [1.165, 1.54) is 24.3 Å². The van der Waals surface area contributed by atoms with Crippen molar-refractivity contribution in [2.45, 2.75) is 29.8 Å². The van der Waals surface area contributed by atoms with Crippen molar-refractivity contribution in [3.8, 4) is 0 Å². The Kier molecular flexibility index (Phi) is 4.83. The van der Waals surface area contributed by atoms with Crippen molar-refractivity contribution in [2.75, 3.05) is 13.2 Å². The predicted molar refractivity (Wildman–Crippen MR) is 74.0 cm³/mol. The predicted octanol–water partition coefficient (Wildman–Crippen LogP) is 3.14. The molecule has 2 rings (SSSR count). The van der Waals surface area contributed by atoms with E-state index in [1.54, 1.807) is 4.90 Å². The van der Waals surface area contributed by atoms with E-state index < -0.39 is 5.51 Å². The second kappa shape index (κ2) is 6.27.